The third-order valence-electron chi connectivity index (χ3n) is 4.29. The van der Waals surface area contributed by atoms with E-state index in [1.54, 1.807) is 0 Å². The lowest BCUT2D eigenvalue weighted by Crippen LogP contribution is -2.34. The predicted octanol–water partition coefficient (Wildman–Crippen LogP) is 4.08. The highest BCUT2D eigenvalue weighted by Gasteiger charge is 2.44. The molecule has 3 rings (SSSR count). The van der Waals surface area contributed by atoms with Crippen LogP contribution in [-0.2, 0) is 0 Å². The fraction of sp³-hybridized carbons (Fsp3) is 0.143. The van der Waals surface area contributed by atoms with E-state index in [-0.39, 0.29) is 0 Å². The van der Waals surface area contributed by atoms with Crippen molar-refractivity contribution in [3.8, 4) is 0 Å². The van der Waals surface area contributed by atoms with E-state index in [1.807, 2.05) is 0 Å². The number of halogens is 1. The molecular weight excluding hydrogens is 379 g/mol. The zero-order valence-corrected chi connectivity index (χ0v) is 15.9. The van der Waals surface area contributed by atoms with E-state index in [9.17, 15) is 5.11 Å². The van der Waals surface area contributed by atoms with Gasteiger partial charge in [0.25, 0.3) is 0 Å². The van der Waals surface area contributed by atoms with Gasteiger partial charge in [-0.25, -0.2) is 0 Å². The summed E-state index contributed by atoms with van der Waals surface area (Å²) >= 11 is 3.32. The normalized spacial score (nSPS) is 12.8. The molecule has 122 valence electrons. The van der Waals surface area contributed by atoms with Crippen LogP contribution in [0, 0.1) is 0 Å². The minimum absolute atomic E-state index is 0.479. The van der Waals surface area contributed by atoms with Crippen molar-refractivity contribution in [3.63, 3.8) is 0 Å². The zero-order chi connectivity index (χ0) is 16.8. The summed E-state index contributed by atoms with van der Waals surface area (Å²) in [6.45, 7) is 0. The summed E-state index contributed by atoms with van der Waals surface area (Å²) in [6.07, 6.45) is 1.64. The highest BCUT2D eigenvalue weighted by molar-refractivity contribution is 9.09. The van der Waals surface area contributed by atoms with Gasteiger partial charge in [-0.3, -0.25) is 0 Å². The lowest BCUT2D eigenvalue weighted by molar-refractivity contribution is 0.267. The highest BCUT2D eigenvalue weighted by Crippen LogP contribution is 2.56. The molecule has 1 atom stereocenters. The van der Waals surface area contributed by atoms with Crippen LogP contribution in [0.25, 0.3) is 0 Å². The summed E-state index contributed by atoms with van der Waals surface area (Å²) in [5, 5.41) is 13.5. The number of rotatable bonds is 6. The summed E-state index contributed by atoms with van der Waals surface area (Å²) in [5.41, 5.74) is 0. The molecule has 3 aromatic carbocycles. The SMILES string of the molecule is OC(Br)CC[P+](c1ccccc1)(c1ccccc1)c1ccccc1. The molecule has 0 heterocycles. The molecule has 0 aliphatic carbocycles. The van der Waals surface area contributed by atoms with Crippen LogP contribution in [-0.4, -0.2) is 16.3 Å². The summed E-state index contributed by atoms with van der Waals surface area (Å²) in [5.74, 6) is 0. The smallest absolute Gasteiger partial charge is 0.112 e. The third-order valence-corrected chi connectivity index (χ3v) is 9.22. The lowest BCUT2D eigenvalue weighted by Gasteiger charge is -2.28. The van der Waals surface area contributed by atoms with E-state index in [1.165, 1.54) is 15.9 Å². The van der Waals surface area contributed by atoms with Gasteiger partial charge in [-0.1, -0.05) is 70.5 Å². The van der Waals surface area contributed by atoms with Gasteiger partial charge in [0.15, 0.2) is 0 Å². The summed E-state index contributed by atoms with van der Waals surface area (Å²) < 4.78 is 0. The third kappa shape index (κ3) is 3.62. The van der Waals surface area contributed by atoms with Crippen LogP contribution >= 0.6 is 23.2 Å². The molecule has 0 amide bonds. The van der Waals surface area contributed by atoms with Crippen molar-refractivity contribution in [1.29, 1.82) is 0 Å². The van der Waals surface area contributed by atoms with E-state index in [2.05, 4.69) is 107 Å². The Morgan fingerprint density at radius 2 is 1.00 bits per heavy atom. The van der Waals surface area contributed by atoms with Gasteiger partial charge in [-0.05, 0) is 36.4 Å². The first kappa shape index (κ1) is 17.4. The van der Waals surface area contributed by atoms with Gasteiger partial charge < -0.3 is 5.11 Å². The topological polar surface area (TPSA) is 20.2 Å². The average Bonchev–Trinajstić information content (AvgIpc) is 2.65. The maximum Gasteiger partial charge on any atom is 0.112 e. The number of benzene rings is 3. The molecule has 0 fully saturated rings. The summed E-state index contributed by atoms with van der Waals surface area (Å²) in [4.78, 5) is 0. The Bertz CT molecular complexity index is 648. The Labute approximate surface area is 152 Å². The Morgan fingerprint density at radius 3 is 1.29 bits per heavy atom. The molecular formula is C21H21BrOP+. The minimum Gasteiger partial charge on any atom is -0.382 e. The van der Waals surface area contributed by atoms with Crippen LogP contribution in [0.5, 0.6) is 0 Å². The van der Waals surface area contributed by atoms with Crippen LogP contribution in [0.4, 0.5) is 0 Å². The predicted molar refractivity (Wildman–Crippen MR) is 110 cm³/mol. The molecule has 0 aliphatic heterocycles. The Hall–Kier alpha value is -1.47. The van der Waals surface area contributed by atoms with Crippen molar-refractivity contribution >= 4 is 39.1 Å². The molecule has 0 radical (unpaired) electrons. The van der Waals surface area contributed by atoms with Crippen LogP contribution in [0.1, 0.15) is 6.42 Å². The van der Waals surface area contributed by atoms with E-state index >= 15 is 0 Å². The lowest BCUT2D eigenvalue weighted by atomic mass is 10.4. The molecule has 3 heteroatoms. The number of hydrogen-bond donors (Lipinski definition) is 1. The molecule has 1 N–H and O–H groups in total. The van der Waals surface area contributed by atoms with Crippen LogP contribution in [0.3, 0.4) is 0 Å². The molecule has 1 nitrogen and oxygen atoms in total. The Balaban J connectivity index is 2.24. The van der Waals surface area contributed by atoms with Crippen molar-refractivity contribution < 1.29 is 5.11 Å². The van der Waals surface area contributed by atoms with Gasteiger partial charge in [-0.2, -0.15) is 0 Å². The fourth-order valence-electron chi connectivity index (χ4n) is 3.18. The first-order valence-corrected chi connectivity index (χ1v) is 11.0. The molecule has 1 unspecified atom stereocenters. The van der Waals surface area contributed by atoms with Crippen LogP contribution in [0.15, 0.2) is 91.0 Å². The molecule has 0 aliphatic rings. The molecule has 0 aromatic heterocycles. The van der Waals surface area contributed by atoms with Crippen molar-refractivity contribution in [3.05, 3.63) is 91.0 Å². The van der Waals surface area contributed by atoms with E-state index in [4.69, 9.17) is 0 Å². The molecule has 24 heavy (non-hydrogen) atoms. The molecule has 0 saturated heterocycles. The van der Waals surface area contributed by atoms with Gasteiger partial charge in [-0.15, -0.1) is 0 Å². The van der Waals surface area contributed by atoms with Gasteiger partial charge >= 0.3 is 0 Å². The second-order valence-electron chi connectivity index (χ2n) is 5.76. The molecule has 0 spiro atoms. The van der Waals surface area contributed by atoms with Gasteiger partial charge in [0.2, 0.25) is 0 Å². The maximum atomic E-state index is 9.89. The first-order valence-electron chi connectivity index (χ1n) is 8.10. The van der Waals surface area contributed by atoms with Gasteiger partial charge in [0.05, 0.1) is 6.16 Å². The van der Waals surface area contributed by atoms with Gasteiger partial charge in [0, 0.05) is 6.42 Å². The Kier molecular flexibility index (Phi) is 5.84. The van der Waals surface area contributed by atoms with Crippen molar-refractivity contribution in [2.45, 2.75) is 11.4 Å². The van der Waals surface area contributed by atoms with Crippen molar-refractivity contribution in [2.24, 2.45) is 0 Å². The van der Waals surface area contributed by atoms with Crippen LogP contribution < -0.4 is 15.9 Å². The Morgan fingerprint density at radius 1 is 0.667 bits per heavy atom. The first-order chi connectivity index (χ1) is 11.7. The van der Waals surface area contributed by atoms with Crippen LogP contribution in [0.2, 0.25) is 0 Å². The number of aliphatic hydroxyl groups is 1. The number of aliphatic hydroxyl groups excluding tert-OH is 1. The summed E-state index contributed by atoms with van der Waals surface area (Å²) in [6, 6.07) is 32.2. The quantitative estimate of drug-likeness (QED) is 0.488. The largest absolute Gasteiger partial charge is 0.382 e. The average molecular weight is 400 g/mol. The number of hydrogen-bond acceptors (Lipinski definition) is 1. The van der Waals surface area contributed by atoms with Crippen molar-refractivity contribution in [2.75, 3.05) is 6.16 Å². The maximum absolute atomic E-state index is 9.89. The highest BCUT2D eigenvalue weighted by atomic mass is 79.9. The van der Waals surface area contributed by atoms with E-state index in [0.717, 1.165) is 6.16 Å². The second-order valence-corrected chi connectivity index (χ2v) is 10.4. The molecule has 0 saturated carbocycles. The monoisotopic (exact) mass is 399 g/mol. The molecule has 0 bridgehead atoms. The standard InChI is InChI=1S/C21H21BrOP/c22-21(23)16-17-24(18-10-4-1-5-11-18,19-12-6-2-7-13-19)20-14-8-3-9-15-20/h1-15,21,23H,16-17H2/q+1. The van der Waals surface area contributed by atoms with E-state index < -0.39 is 12.3 Å². The van der Waals surface area contributed by atoms with E-state index in [0.29, 0.717) is 6.42 Å². The second kappa shape index (κ2) is 8.07. The van der Waals surface area contributed by atoms with Gasteiger partial charge in [0.1, 0.15) is 28.2 Å². The molecule has 3 aromatic rings. The minimum atomic E-state index is -1.80. The zero-order valence-electron chi connectivity index (χ0n) is 13.4. The fourth-order valence-corrected chi connectivity index (χ4v) is 8.11. The number of alkyl halides is 1. The summed E-state index contributed by atoms with van der Waals surface area (Å²) in [7, 11) is -1.80. The van der Waals surface area contributed by atoms with Crippen molar-refractivity contribution in [1.82, 2.24) is 0 Å².